The summed E-state index contributed by atoms with van der Waals surface area (Å²) in [5.74, 6) is 0. The van der Waals surface area contributed by atoms with Crippen LogP contribution in [0.3, 0.4) is 0 Å². The Morgan fingerprint density at radius 3 is 1.88 bits per heavy atom. The summed E-state index contributed by atoms with van der Waals surface area (Å²) in [6, 6.07) is 7.81. The molecule has 5 nitrogen and oxygen atoms in total. The van der Waals surface area contributed by atoms with Crippen LogP contribution in [0, 0.1) is 0 Å². The van der Waals surface area contributed by atoms with Crippen LogP contribution in [0.5, 0.6) is 0 Å². The van der Waals surface area contributed by atoms with Crippen LogP contribution in [0.25, 0.3) is 0 Å². The summed E-state index contributed by atoms with van der Waals surface area (Å²) in [7, 11) is 1.67. The van der Waals surface area contributed by atoms with E-state index >= 15 is 0 Å². The molecule has 0 amide bonds. The van der Waals surface area contributed by atoms with E-state index in [0.717, 1.165) is 24.0 Å². The Morgan fingerprint density at radius 1 is 0.769 bits per heavy atom. The quantitative estimate of drug-likeness (QED) is 0.507. The zero-order valence-electron chi connectivity index (χ0n) is 17.0. The van der Waals surface area contributed by atoms with Crippen LogP contribution in [0.1, 0.15) is 51.7 Å². The van der Waals surface area contributed by atoms with Crippen LogP contribution in [0.2, 0.25) is 0 Å². The van der Waals surface area contributed by atoms with Gasteiger partial charge in [0.05, 0.1) is 44.2 Å². The molecule has 0 aliphatic rings. The standard InChI is InChI=1S/C21H36O5/c1-20(2,25-13-11-21(3,4)26-15-14-23-5)10-12-24-17-19-8-6-18(16-22)7-9-19/h6-9,22H,10-17H2,1-5H3. The van der Waals surface area contributed by atoms with Crippen LogP contribution >= 0.6 is 0 Å². The topological polar surface area (TPSA) is 57.2 Å². The van der Waals surface area contributed by atoms with Crippen molar-refractivity contribution in [1.82, 2.24) is 0 Å². The zero-order valence-corrected chi connectivity index (χ0v) is 17.0. The Kier molecular flexibility index (Phi) is 10.4. The van der Waals surface area contributed by atoms with Crippen molar-refractivity contribution in [1.29, 1.82) is 0 Å². The van der Waals surface area contributed by atoms with Gasteiger partial charge in [0.1, 0.15) is 0 Å². The minimum Gasteiger partial charge on any atom is -0.392 e. The van der Waals surface area contributed by atoms with E-state index in [2.05, 4.69) is 27.7 Å². The fraction of sp³-hybridized carbons (Fsp3) is 0.714. The highest BCUT2D eigenvalue weighted by atomic mass is 16.5. The van der Waals surface area contributed by atoms with E-state index in [0.29, 0.717) is 33.0 Å². The molecule has 1 N–H and O–H groups in total. The van der Waals surface area contributed by atoms with Crippen LogP contribution in [0.4, 0.5) is 0 Å². The number of methoxy groups -OCH3 is 1. The number of hydrogen-bond acceptors (Lipinski definition) is 5. The second-order valence-electron chi connectivity index (χ2n) is 7.74. The average molecular weight is 369 g/mol. The largest absolute Gasteiger partial charge is 0.392 e. The monoisotopic (exact) mass is 368 g/mol. The van der Waals surface area contributed by atoms with Gasteiger partial charge in [-0.05, 0) is 51.7 Å². The SMILES string of the molecule is COCCOC(C)(C)CCOC(C)(C)CCOCc1ccc(CO)cc1. The van der Waals surface area contributed by atoms with Crippen molar-refractivity contribution in [3.8, 4) is 0 Å². The van der Waals surface area contributed by atoms with E-state index in [1.54, 1.807) is 7.11 Å². The minimum atomic E-state index is -0.233. The third-order valence-electron chi connectivity index (χ3n) is 4.30. The maximum absolute atomic E-state index is 9.05. The average Bonchev–Trinajstić information content (AvgIpc) is 2.59. The van der Waals surface area contributed by atoms with Gasteiger partial charge in [-0.1, -0.05) is 24.3 Å². The highest BCUT2D eigenvalue weighted by Crippen LogP contribution is 2.20. The summed E-state index contributed by atoms with van der Waals surface area (Å²) in [5.41, 5.74) is 1.57. The molecule has 0 atom stereocenters. The minimum absolute atomic E-state index is 0.0703. The van der Waals surface area contributed by atoms with Gasteiger partial charge in [0, 0.05) is 13.7 Å². The molecule has 0 spiro atoms. The van der Waals surface area contributed by atoms with Crippen molar-refractivity contribution in [2.24, 2.45) is 0 Å². The molecule has 0 heterocycles. The summed E-state index contributed by atoms with van der Waals surface area (Å²) in [6.45, 7) is 11.5. The Labute approximate surface area is 158 Å². The summed E-state index contributed by atoms with van der Waals surface area (Å²) in [6.07, 6.45) is 1.66. The van der Waals surface area contributed by atoms with Gasteiger partial charge in [-0.2, -0.15) is 0 Å². The van der Waals surface area contributed by atoms with Gasteiger partial charge in [0.15, 0.2) is 0 Å². The van der Waals surface area contributed by atoms with Crippen molar-refractivity contribution < 1.29 is 24.1 Å². The van der Waals surface area contributed by atoms with Crippen LogP contribution < -0.4 is 0 Å². The van der Waals surface area contributed by atoms with Gasteiger partial charge in [0.2, 0.25) is 0 Å². The molecule has 0 radical (unpaired) electrons. The molecule has 0 aromatic heterocycles. The molecule has 0 saturated heterocycles. The maximum atomic E-state index is 9.05. The molecule has 1 aromatic rings. The summed E-state index contributed by atoms with van der Waals surface area (Å²) in [4.78, 5) is 0. The van der Waals surface area contributed by atoms with E-state index < -0.39 is 0 Å². The zero-order chi connectivity index (χ0) is 19.5. The Morgan fingerprint density at radius 2 is 1.31 bits per heavy atom. The number of hydrogen-bond donors (Lipinski definition) is 1. The summed E-state index contributed by atoms with van der Waals surface area (Å²) < 4.78 is 22.6. The predicted octanol–water partition coefficient (Wildman–Crippen LogP) is 3.71. The van der Waals surface area contributed by atoms with E-state index in [1.165, 1.54) is 0 Å². The molecule has 0 bridgehead atoms. The lowest BCUT2D eigenvalue weighted by Gasteiger charge is -2.29. The maximum Gasteiger partial charge on any atom is 0.0716 e. The molecule has 0 unspecified atom stereocenters. The molecule has 1 rings (SSSR count). The molecular weight excluding hydrogens is 332 g/mol. The first-order valence-corrected chi connectivity index (χ1v) is 9.31. The van der Waals surface area contributed by atoms with Crippen LogP contribution in [0.15, 0.2) is 24.3 Å². The number of aliphatic hydroxyl groups is 1. The summed E-state index contributed by atoms with van der Waals surface area (Å²) in [5, 5.41) is 9.05. The van der Waals surface area contributed by atoms with E-state index in [4.69, 9.17) is 24.1 Å². The van der Waals surface area contributed by atoms with Gasteiger partial charge in [-0.25, -0.2) is 0 Å². The second kappa shape index (κ2) is 11.7. The molecule has 0 aliphatic heterocycles. The number of aliphatic hydroxyl groups excluding tert-OH is 1. The normalized spacial score (nSPS) is 12.5. The van der Waals surface area contributed by atoms with Crippen molar-refractivity contribution in [2.45, 2.75) is 65.0 Å². The fourth-order valence-corrected chi connectivity index (χ4v) is 2.37. The van der Waals surface area contributed by atoms with Gasteiger partial charge >= 0.3 is 0 Å². The van der Waals surface area contributed by atoms with E-state index in [9.17, 15) is 0 Å². The Balaban J connectivity index is 2.20. The molecule has 1 aromatic carbocycles. The molecule has 0 aliphatic carbocycles. The molecule has 5 heteroatoms. The van der Waals surface area contributed by atoms with E-state index in [-0.39, 0.29) is 17.8 Å². The number of rotatable bonds is 14. The molecule has 0 fully saturated rings. The highest BCUT2D eigenvalue weighted by Gasteiger charge is 2.22. The van der Waals surface area contributed by atoms with Crippen molar-refractivity contribution in [3.63, 3.8) is 0 Å². The molecule has 0 saturated carbocycles. The van der Waals surface area contributed by atoms with Crippen LogP contribution in [-0.2, 0) is 32.2 Å². The van der Waals surface area contributed by atoms with E-state index in [1.807, 2.05) is 24.3 Å². The van der Waals surface area contributed by atoms with Crippen molar-refractivity contribution >= 4 is 0 Å². The van der Waals surface area contributed by atoms with Gasteiger partial charge in [-0.15, -0.1) is 0 Å². The first kappa shape index (κ1) is 23.1. The van der Waals surface area contributed by atoms with Crippen molar-refractivity contribution in [2.75, 3.05) is 33.5 Å². The smallest absolute Gasteiger partial charge is 0.0716 e. The first-order chi connectivity index (χ1) is 12.3. The van der Waals surface area contributed by atoms with Gasteiger partial charge < -0.3 is 24.1 Å². The lowest BCUT2D eigenvalue weighted by molar-refractivity contribution is -0.0873. The number of benzene rings is 1. The molecule has 26 heavy (non-hydrogen) atoms. The molecule has 150 valence electrons. The first-order valence-electron chi connectivity index (χ1n) is 9.31. The third-order valence-corrected chi connectivity index (χ3v) is 4.30. The highest BCUT2D eigenvalue weighted by molar-refractivity contribution is 5.21. The Hall–Kier alpha value is -0.980. The second-order valence-corrected chi connectivity index (χ2v) is 7.74. The summed E-state index contributed by atoms with van der Waals surface area (Å²) >= 11 is 0. The van der Waals surface area contributed by atoms with Gasteiger partial charge in [-0.3, -0.25) is 0 Å². The molecular formula is C21H36O5. The lowest BCUT2D eigenvalue weighted by atomic mass is 10.0. The fourth-order valence-electron chi connectivity index (χ4n) is 2.37. The number of ether oxygens (including phenoxy) is 4. The van der Waals surface area contributed by atoms with Crippen LogP contribution in [-0.4, -0.2) is 49.8 Å². The lowest BCUT2D eigenvalue weighted by Crippen LogP contribution is -2.32. The van der Waals surface area contributed by atoms with Gasteiger partial charge in [0.25, 0.3) is 0 Å². The van der Waals surface area contributed by atoms with Crippen molar-refractivity contribution in [3.05, 3.63) is 35.4 Å². The Bertz CT molecular complexity index is 482. The third kappa shape index (κ3) is 10.2. The predicted molar refractivity (Wildman–Crippen MR) is 103 cm³/mol.